The normalized spacial score (nSPS) is 12.3. The Bertz CT molecular complexity index is 902. The fourth-order valence-corrected chi connectivity index (χ4v) is 2.58. The van der Waals surface area contributed by atoms with E-state index in [9.17, 15) is 4.79 Å². The topological polar surface area (TPSA) is 81.4 Å². The Kier molecular flexibility index (Phi) is 5.16. The molecule has 0 aliphatic heterocycles. The molecule has 1 aromatic carbocycles. The Morgan fingerprint density at radius 3 is 2.65 bits per heavy atom. The predicted octanol–water partition coefficient (Wildman–Crippen LogP) is 2.75. The van der Waals surface area contributed by atoms with Gasteiger partial charge in [0.15, 0.2) is 0 Å². The number of carbonyl (C=O) groups is 1. The minimum Gasteiger partial charge on any atom is -0.489 e. The third-order valence-electron chi connectivity index (χ3n) is 4.01. The highest BCUT2D eigenvalue weighted by atomic mass is 16.5. The van der Waals surface area contributed by atoms with Gasteiger partial charge in [-0.3, -0.25) is 4.79 Å². The number of aromatic nitrogens is 4. The van der Waals surface area contributed by atoms with Crippen LogP contribution in [0.2, 0.25) is 0 Å². The van der Waals surface area contributed by atoms with E-state index in [1.165, 1.54) is 11.9 Å². The standard InChI is InChI=1S/C19H23N5O2/c1-12(2)17-9-16(23-19-21-11-22-24(17)19)18(25)20-10-14(4)26-15-7-5-13(3)6-8-15/h5-9,11-12,14H,10H2,1-4H3,(H,20,25). The fourth-order valence-electron chi connectivity index (χ4n) is 2.58. The van der Waals surface area contributed by atoms with Gasteiger partial charge in [0.2, 0.25) is 0 Å². The van der Waals surface area contributed by atoms with Crippen LogP contribution >= 0.6 is 0 Å². The summed E-state index contributed by atoms with van der Waals surface area (Å²) in [6.45, 7) is 8.39. The van der Waals surface area contributed by atoms with Crippen molar-refractivity contribution in [3.8, 4) is 5.75 Å². The Labute approximate surface area is 152 Å². The predicted molar refractivity (Wildman–Crippen MR) is 98.5 cm³/mol. The average molecular weight is 353 g/mol. The van der Waals surface area contributed by atoms with E-state index in [4.69, 9.17) is 4.74 Å². The van der Waals surface area contributed by atoms with E-state index in [2.05, 4.69) is 20.4 Å². The summed E-state index contributed by atoms with van der Waals surface area (Å²) in [5.41, 5.74) is 2.40. The van der Waals surface area contributed by atoms with Crippen molar-refractivity contribution in [3.05, 3.63) is 53.6 Å². The smallest absolute Gasteiger partial charge is 0.270 e. The first-order chi connectivity index (χ1) is 12.4. The zero-order valence-corrected chi connectivity index (χ0v) is 15.4. The summed E-state index contributed by atoms with van der Waals surface area (Å²) < 4.78 is 7.47. The fraction of sp³-hybridized carbons (Fsp3) is 0.368. The summed E-state index contributed by atoms with van der Waals surface area (Å²) in [7, 11) is 0. The van der Waals surface area contributed by atoms with Crippen LogP contribution in [0.25, 0.3) is 5.78 Å². The van der Waals surface area contributed by atoms with Gasteiger partial charge in [0, 0.05) is 0 Å². The number of fused-ring (bicyclic) bond motifs is 1. The van der Waals surface area contributed by atoms with Crippen molar-refractivity contribution < 1.29 is 9.53 Å². The number of benzene rings is 1. The molecule has 136 valence electrons. The molecule has 0 radical (unpaired) electrons. The van der Waals surface area contributed by atoms with Crippen molar-refractivity contribution in [2.75, 3.05) is 6.54 Å². The van der Waals surface area contributed by atoms with Gasteiger partial charge >= 0.3 is 0 Å². The second-order valence-corrected chi connectivity index (χ2v) is 6.64. The lowest BCUT2D eigenvalue weighted by Gasteiger charge is -2.16. The molecule has 3 rings (SSSR count). The Morgan fingerprint density at radius 1 is 1.23 bits per heavy atom. The van der Waals surface area contributed by atoms with E-state index in [1.807, 2.05) is 52.0 Å². The second-order valence-electron chi connectivity index (χ2n) is 6.64. The second kappa shape index (κ2) is 7.51. The van der Waals surface area contributed by atoms with E-state index in [0.717, 1.165) is 11.4 Å². The lowest BCUT2D eigenvalue weighted by atomic mass is 10.1. The number of rotatable bonds is 6. The molecule has 1 atom stereocenters. The number of amides is 1. The van der Waals surface area contributed by atoms with Crippen LogP contribution in [0.4, 0.5) is 0 Å². The van der Waals surface area contributed by atoms with Crippen LogP contribution in [-0.2, 0) is 0 Å². The van der Waals surface area contributed by atoms with Crippen LogP contribution in [0, 0.1) is 6.92 Å². The molecule has 1 N–H and O–H groups in total. The van der Waals surface area contributed by atoms with Crippen molar-refractivity contribution in [1.29, 1.82) is 0 Å². The molecule has 0 bridgehead atoms. The van der Waals surface area contributed by atoms with Crippen molar-refractivity contribution >= 4 is 11.7 Å². The number of aryl methyl sites for hydroxylation is 1. The van der Waals surface area contributed by atoms with Crippen molar-refractivity contribution in [2.24, 2.45) is 0 Å². The Morgan fingerprint density at radius 2 is 1.96 bits per heavy atom. The number of hydrogen-bond donors (Lipinski definition) is 1. The Balaban J connectivity index is 1.66. The Hall–Kier alpha value is -2.96. The van der Waals surface area contributed by atoms with Gasteiger partial charge in [0.25, 0.3) is 11.7 Å². The molecule has 0 saturated heterocycles. The first-order valence-electron chi connectivity index (χ1n) is 8.66. The number of nitrogens with zero attached hydrogens (tertiary/aromatic N) is 4. The van der Waals surface area contributed by atoms with Gasteiger partial charge in [-0.1, -0.05) is 31.5 Å². The van der Waals surface area contributed by atoms with Gasteiger partial charge in [-0.05, 0) is 38.0 Å². The van der Waals surface area contributed by atoms with E-state index in [1.54, 1.807) is 10.6 Å². The van der Waals surface area contributed by atoms with Gasteiger partial charge in [0.1, 0.15) is 23.9 Å². The summed E-state index contributed by atoms with van der Waals surface area (Å²) in [5, 5.41) is 7.03. The molecule has 0 aliphatic rings. The molecule has 1 amide bonds. The average Bonchev–Trinajstić information content (AvgIpc) is 3.09. The van der Waals surface area contributed by atoms with Crippen molar-refractivity contribution in [1.82, 2.24) is 24.9 Å². The third-order valence-corrected chi connectivity index (χ3v) is 4.01. The SMILES string of the molecule is Cc1ccc(OC(C)CNC(=O)c2cc(C(C)C)n3ncnc3n2)cc1. The number of hydrogen-bond acceptors (Lipinski definition) is 5. The zero-order chi connectivity index (χ0) is 18.7. The number of nitrogens with one attached hydrogen (secondary N) is 1. The molecular formula is C19H23N5O2. The number of ether oxygens (including phenoxy) is 1. The molecule has 7 heteroatoms. The van der Waals surface area contributed by atoms with Crippen LogP contribution in [0.3, 0.4) is 0 Å². The highest BCUT2D eigenvalue weighted by Crippen LogP contribution is 2.16. The molecule has 0 fully saturated rings. The van der Waals surface area contributed by atoms with Gasteiger partial charge < -0.3 is 10.1 Å². The van der Waals surface area contributed by atoms with Gasteiger partial charge in [-0.15, -0.1) is 0 Å². The molecule has 2 aromatic heterocycles. The first kappa shape index (κ1) is 17.8. The zero-order valence-electron chi connectivity index (χ0n) is 15.4. The molecular weight excluding hydrogens is 330 g/mol. The summed E-state index contributed by atoms with van der Waals surface area (Å²) in [6, 6.07) is 9.58. The van der Waals surface area contributed by atoms with Crippen molar-refractivity contribution in [3.63, 3.8) is 0 Å². The van der Waals surface area contributed by atoms with Crippen LogP contribution in [0.5, 0.6) is 5.75 Å². The largest absolute Gasteiger partial charge is 0.489 e. The molecule has 1 unspecified atom stereocenters. The molecule has 2 heterocycles. The summed E-state index contributed by atoms with van der Waals surface area (Å²) in [5.74, 6) is 1.14. The van der Waals surface area contributed by atoms with Gasteiger partial charge in [0.05, 0.1) is 12.2 Å². The van der Waals surface area contributed by atoms with Crippen LogP contribution in [0.1, 0.15) is 48.4 Å². The van der Waals surface area contributed by atoms with Gasteiger partial charge in [-0.2, -0.15) is 10.1 Å². The monoisotopic (exact) mass is 353 g/mol. The van der Waals surface area contributed by atoms with E-state index in [0.29, 0.717) is 18.0 Å². The highest BCUT2D eigenvalue weighted by Gasteiger charge is 2.16. The minimum absolute atomic E-state index is 0.164. The molecule has 0 saturated carbocycles. The maximum atomic E-state index is 12.5. The molecule has 0 aliphatic carbocycles. The number of carbonyl (C=O) groups excluding carboxylic acids is 1. The lowest BCUT2D eigenvalue weighted by molar-refractivity contribution is 0.0927. The van der Waals surface area contributed by atoms with E-state index >= 15 is 0 Å². The van der Waals surface area contributed by atoms with E-state index < -0.39 is 0 Å². The maximum absolute atomic E-state index is 12.5. The van der Waals surface area contributed by atoms with Crippen LogP contribution in [-0.4, -0.2) is 38.1 Å². The first-order valence-corrected chi connectivity index (χ1v) is 8.66. The van der Waals surface area contributed by atoms with E-state index in [-0.39, 0.29) is 17.9 Å². The molecule has 26 heavy (non-hydrogen) atoms. The van der Waals surface area contributed by atoms with Crippen LogP contribution in [0.15, 0.2) is 36.7 Å². The summed E-state index contributed by atoms with van der Waals surface area (Å²) in [4.78, 5) is 20.9. The quantitative estimate of drug-likeness (QED) is 0.737. The van der Waals surface area contributed by atoms with Gasteiger partial charge in [-0.25, -0.2) is 9.50 Å². The lowest BCUT2D eigenvalue weighted by Crippen LogP contribution is -2.34. The summed E-state index contributed by atoms with van der Waals surface area (Å²) in [6.07, 6.45) is 1.27. The maximum Gasteiger partial charge on any atom is 0.270 e. The van der Waals surface area contributed by atoms with Crippen LogP contribution < -0.4 is 10.1 Å². The molecule has 3 aromatic rings. The summed E-state index contributed by atoms with van der Waals surface area (Å²) >= 11 is 0. The third kappa shape index (κ3) is 3.99. The minimum atomic E-state index is -0.253. The molecule has 7 nitrogen and oxygen atoms in total. The molecule has 0 spiro atoms. The highest BCUT2D eigenvalue weighted by molar-refractivity contribution is 5.92. The van der Waals surface area contributed by atoms with Crippen molar-refractivity contribution in [2.45, 2.75) is 39.7 Å².